The summed E-state index contributed by atoms with van der Waals surface area (Å²) < 4.78 is 11.4. The van der Waals surface area contributed by atoms with Gasteiger partial charge in [0.15, 0.2) is 11.5 Å². The van der Waals surface area contributed by atoms with E-state index in [9.17, 15) is 9.59 Å². The second kappa shape index (κ2) is 10.7. The highest BCUT2D eigenvalue weighted by atomic mass is 16.5. The van der Waals surface area contributed by atoms with Crippen LogP contribution in [-0.2, 0) is 4.79 Å². The number of nitrogens with one attached hydrogen (secondary N) is 2. The summed E-state index contributed by atoms with van der Waals surface area (Å²) in [5, 5.41) is 5.83. The van der Waals surface area contributed by atoms with Crippen molar-refractivity contribution in [2.24, 2.45) is 0 Å². The summed E-state index contributed by atoms with van der Waals surface area (Å²) in [6, 6.07) is 21.9. The van der Waals surface area contributed by atoms with Crippen molar-refractivity contribution in [2.75, 3.05) is 11.9 Å². The Labute approximate surface area is 199 Å². The molecule has 0 saturated heterocycles. The van der Waals surface area contributed by atoms with Crippen LogP contribution in [0.4, 0.5) is 5.69 Å². The number of hydrogen-bond acceptors (Lipinski definition) is 4. The van der Waals surface area contributed by atoms with Gasteiger partial charge in [0.2, 0.25) is 0 Å². The van der Waals surface area contributed by atoms with Gasteiger partial charge in [-0.25, -0.2) is 0 Å². The molecule has 1 heterocycles. The maximum atomic E-state index is 12.7. The quantitative estimate of drug-likeness (QED) is 0.335. The Morgan fingerprint density at radius 2 is 1.79 bits per heavy atom. The Bertz CT molecular complexity index is 1180. The molecule has 3 aromatic carbocycles. The number of para-hydroxylation sites is 2. The molecule has 3 aromatic rings. The fourth-order valence-electron chi connectivity index (χ4n) is 3.54. The van der Waals surface area contributed by atoms with Gasteiger partial charge >= 0.3 is 0 Å². The van der Waals surface area contributed by atoms with Crippen LogP contribution in [0.2, 0.25) is 0 Å². The van der Waals surface area contributed by atoms with E-state index < -0.39 is 0 Å². The molecule has 0 spiro atoms. The molecule has 0 bridgehead atoms. The lowest BCUT2D eigenvalue weighted by Crippen LogP contribution is -2.26. The zero-order valence-corrected chi connectivity index (χ0v) is 19.3. The van der Waals surface area contributed by atoms with Crippen LogP contribution in [0.15, 0.2) is 78.6 Å². The minimum atomic E-state index is -0.309. The highest BCUT2D eigenvalue weighted by Gasteiger charge is 2.21. The first-order chi connectivity index (χ1) is 16.5. The van der Waals surface area contributed by atoms with Crippen LogP contribution < -0.4 is 20.1 Å². The molecule has 1 atom stereocenters. The first-order valence-electron chi connectivity index (χ1n) is 11.5. The van der Waals surface area contributed by atoms with Crippen LogP contribution in [0, 0.1) is 0 Å². The fourth-order valence-corrected chi connectivity index (χ4v) is 3.54. The molecule has 0 aromatic heterocycles. The second-order valence-electron chi connectivity index (χ2n) is 8.15. The van der Waals surface area contributed by atoms with Crippen LogP contribution >= 0.6 is 0 Å². The summed E-state index contributed by atoms with van der Waals surface area (Å²) in [4.78, 5) is 25.0. The minimum absolute atomic E-state index is 0.154. The van der Waals surface area contributed by atoms with Crippen LogP contribution in [0.1, 0.15) is 54.2 Å². The highest BCUT2D eigenvalue weighted by Crippen LogP contribution is 2.30. The van der Waals surface area contributed by atoms with Crippen LogP contribution in [0.25, 0.3) is 6.08 Å². The molecule has 0 saturated carbocycles. The van der Waals surface area contributed by atoms with Gasteiger partial charge < -0.3 is 20.1 Å². The van der Waals surface area contributed by atoms with E-state index >= 15 is 0 Å². The molecular formula is C28H28N2O4. The van der Waals surface area contributed by atoms with Gasteiger partial charge in [0, 0.05) is 5.56 Å². The Hall–Kier alpha value is -4.06. The van der Waals surface area contributed by atoms with Gasteiger partial charge in [-0.05, 0) is 66.9 Å². The topological polar surface area (TPSA) is 76.7 Å². The number of ether oxygens (including phenoxy) is 2. The molecule has 1 aliphatic rings. The number of benzene rings is 3. The highest BCUT2D eigenvalue weighted by molar-refractivity contribution is 6.08. The molecule has 6 nitrogen and oxygen atoms in total. The van der Waals surface area contributed by atoms with E-state index in [2.05, 4.69) is 17.6 Å². The van der Waals surface area contributed by atoms with Crippen LogP contribution in [-0.4, -0.2) is 18.4 Å². The van der Waals surface area contributed by atoms with E-state index in [4.69, 9.17) is 9.47 Å². The van der Waals surface area contributed by atoms with Gasteiger partial charge in [-0.2, -0.15) is 0 Å². The van der Waals surface area contributed by atoms with E-state index in [1.165, 1.54) is 0 Å². The number of unbranched alkanes of at least 4 members (excludes halogenated alkanes) is 1. The predicted molar refractivity (Wildman–Crippen MR) is 133 cm³/mol. The maximum Gasteiger partial charge on any atom is 0.291 e. The molecule has 0 unspecified atom stereocenters. The summed E-state index contributed by atoms with van der Waals surface area (Å²) in [5.74, 6) is 1.15. The van der Waals surface area contributed by atoms with Crippen molar-refractivity contribution in [2.45, 2.75) is 32.7 Å². The number of rotatable bonds is 8. The molecule has 174 valence electrons. The van der Waals surface area contributed by atoms with Gasteiger partial charge in [0.1, 0.15) is 5.75 Å². The van der Waals surface area contributed by atoms with Gasteiger partial charge in [-0.3, -0.25) is 9.59 Å². The van der Waals surface area contributed by atoms with Gasteiger partial charge in [-0.15, -0.1) is 0 Å². The molecule has 0 aliphatic carbocycles. The second-order valence-corrected chi connectivity index (χ2v) is 8.15. The number of hydrogen-bond donors (Lipinski definition) is 2. The van der Waals surface area contributed by atoms with Crippen molar-refractivity contribution in [3.63, 3.8) is 0 Å². The fraction of sp³-hybridized carbons (Fsp3) is 0.214. The van der Waals surface area contributed by atoms with Crippen molar-refractivity contribution in [3.8, 4) is 11.5 Å². The van der Waals surface area contributed by atoms with Crippen molar-refractivity contribution in [1.82, 2.24) is 5.32 Å². The Kier molecular flexibility index (Phi) is 7.28. The molecular weight excluding hydrogens is 428 g/mol. The lowest BCUT2D eigenvalue weighted by molar-refractivity contribution is -0.115. The SMILES string of the molecule is CCCCOc1ccc([C@@H](C)NC(=O)c2ccc(/C=C3\Oc4ccccc4NC3=O)cc2)cc1. The zero-order valence-electron chi connectivity index (χ0n) is 19.3. The van der Waals surface area contributed by atoms with Crippen LogP contribution in [0.5, 0.6) is 11.5 Å². The number of fused-ring (bicyclic) bond motifs is 1. The van der Waals surface area contributed by atoms with E-state index in [1.54, 1.807) is 42.5 Å². The molecule has 2 amide bonds. The summed E-state index contributed by atoms with van der Waals surface area (Å²) in [5.41, 5.74) is 2.93. The number of amides is 2. The minimum Gasteiger partial charge on any atom is -0.494 e. The average molecular weight is 457 g/mol. The third-order valence-corrected chi connectivity index (χ3v) is 5.54. The summed E-state index contributed by atoms with van der Waals surface area (Å²) in [6.45, 7) is 4.78. The van der Waals surface area contributed by atoms with Gasteiger partial charge in [0.05, 0.1) is 18.3 Å². The number of carbonyl (C=O) groups excluding carboxylic acids is 2. The summed E-state index contributed by atoms with van der Waals surface area (Å²) in [6.07, 6.45) is 3.77. The molecule has 0 radical (unpaired) electrons. The van der Waals surface area contributed by atoms with Crippen LogP contribution in [0.3, 0.4) is 0 Å². The van der Waals surface area contributed by atoms with Crippen molar-refractivity contribution in [3.05, 3.63) is 95.2 Å². The number of carbonyl (C=O) groups is 2. The third-order valence-electron chi connectivity index (χ3n) is 5.54. The largest absolute Gasteiger partial charge is 0.494 e. The van der Waals surface area contributed by atoms with E-state index in [0.717, 1.165) is 29.7 Å². The molecule has 0 fully saturated rings. The first kappa shape index (κ1) is 23.1. The van der Waals surface area contributed by atoms with E-state index in [0.29, 0.717) is 23.6 Å². The summed E-state index contributed by atoms with van der Waals surface area (Å²) >= 11 is 0. The zero-order chi connectivity index (χ0) is 23.9. The summed E-state index contributed by atoms with van der Waals surface area (Å²) in [7, 11) is 0. The molecule has 6 heteroatoms. The molecule has 1 aliphatic heterocycles. The molecule has 2 N–H and O–H groups in total. The maximum absolute atomic E-state index is 12.7. The normalized spacial score (nSPS) is 14.5. The Morgan fingerprint density at radius 3 is 2.53 bits per heavy atom. The Morgan fingerprint density at radius 1 is 1.06 bits per heavy atom. The molecule has 34 heavy (non-hydrogen) atoms. The van der Waals surface area contributed by atoms with Gasteiger partial charge in [0.25, 0.3) is 11.8 Å². The van der Waals surface area contributed by atoms with Gasteiger partial charge in [-0.1, -0.05) is 49.7 Å². The van der Waals surface area contributed by atoms with E-state index in [-0.39, 0.29) is 23.6 Å². The van der Waals surface area contributed by atoms with Crippen molar-refractivity contribution in [1.29, 1.82) is 0 Å². The lowest BCUT2D eigenvalue weighted by Gasteiger charge is -2.19. The predicted octanol–water partition coefficient (Wildman–Crippen LogP) is 5.73. The standard InChI is InChI=1S/C28H28N2O4/c1-3-4-17-33-23-15-13-21(14-16-23)19(2)29-27(31)22-11-9-20(10-12-22)18-26-28(32)30-24-7-5-6-8-25(24)34-26/h5-16,18-19H,3-4,17H2,1-2H3,(H,29,31)(H,30,32)/b26-18-/t19-/m1/s1. The Balaban J connectivity index is 1.37. The third kappa shape index (κ3) is 5.64. The van der Waals surface area contributed by atoms with E-state index in [1.807, 2.05) is 43.3 Å². The van der Waals surface area contributed by atoms with Crippen molar-refractivity contribution < 1.29 is 19.1 Å². The van der Waals surface area contributed by atoms with Crippen molar-refractivity contribution >= 4 is 23.6 Å². The smallest absolute Gasteiger partial charge is 0.291 e. The lowest BCUT2D eigenvalue weighted by atomic mass is 10.1. The average Bonchev–Trinajstić information content (AvgIpc) is 2.85. The molecule has 4 rings (SSSR count). The number of anilines is 1. The monoisotopic (exact) mass is 456 g/mol. The first-order valence-corrected chi connectivity index (χ1v) is 11.5.